The van der Waals surface area contributed by atoms with Crippen molar-refractivity contribution < 1.29 is 28.8 Å². The minimum atomic E-state index is -0.862. The van der Waals surface area contributed by atoms with E-state index in [0.717, 1.165) is 0 Å². The van der Waals surface area contributed by atoms with Crippen LogP contribution in [-0.4, -0.2) is 34.5 Å². The Balaban J connectivity index is 1.65. The lowest BCUT2D eigenvalue weighted by Crippen LogP contribution is -2.33. The maximum Gasteiger partial charge on any atom is 0.407 e. The Kier molecular flexibility index (Phi) is 5.36. The van der Waals surface area contributed by atoms with Crippen molar-refractivity contribution in [2.45, 2.75) is 32.9 Å². The highest BCUT2D eigenvalue weighted by Gasteiger charge is 2.38. The third-order valence-electron chi connectivity index (χ3n) is 3.93. The first-order valence-corrected chi connectivity index (χ1v) is 8.91. The summed E-state index contributed by atoms with van der Waals surface area (Å²) >= 11 is 0. The van der Waals surface area contributed by atoms with Gasteiger partial charge in [0.25, 0.3) is 11.8 Å². The summed E-state index contributed by atoms with van der Waals surface area (Å²) in [6.45, 7) is 5.39. The molecule has 29 heavy (non-hydrogen) atoms. The van der Waals surface area contributed by atoms with E-state index in [2.05, 4.69) is 5.32 Å². The standard InChI is InChI=1S/C21H20N2O6/c1-21(2,3)28-20(27)22-12-13-7-6-8-14(11-13)19(26)29-23-17(24)15-9-4-5-10-16(15)18(23)25/h4-11H,12H2,1-3H3,(H,22,27). The molecule has 2 aromatic carbocycles. The highest BCUT2D eigenvalue weighted by Crippen LogP contribution is 2.23. The van der Waals surface area contributed by atoms with Crippen LogP contribution in [0.25, 0.3) is 0 Å². The quantitative estimate of drug-likeness (QED) is 0.797. The number of carbonyl (C=O) groups is 4. The molecule has 2 aromatic rings. The second-order valence-corrected chi connectivity index (χ2v) is 7.38. The van der Waals surface area contributed by atoms with E-state index >= 15 is 0 Å². The van der Waals surface area contributed by atoms with Crippen molar-refractivity contribution in [2.24, 2.45) is 0 Å². The summed E-state index contributed by atoms with van der Waals surface area (Å²) in [4.78, 5) is 53.8. The zero-order valence-corrected chi connectivity index (χ0v) is 16.2. The first-order chi connectivity index (χ1) is 13.7. The first-order valence-electron chi connectivity index (χ1n) is 8.91. The van der Waals surface area contributed by atoms with Crippen LogP contribution in [0.3, 0.4) is 0 Å². The van der Waals surface area contributed by atoms with Gasteiger partial charge in [-0.3, -0.25) is 9.59 Å². The van der Waals surface area contributed by atoms with E-state index in [1.54, 1.807) is 45.0 Å². The number of benzene rings is 2. The van der Waals surface area contributed by atoms with Crippen molar-refractivity contribution >= 4 is 23.9 Å². The Hall–Kier alpha value is -3.68. The SMILES string of the molecule is CC(C)(C)OC(=O)NCc1cccc(C(=O)ON2C(=O)c3ccccc3C2=O)c1. The minimum absolute atomic E-state index is 0.128. The number of nitrogens with zero attached hydrogens (tertiary/aromatic N) is 1. The third kappa shape index (κ3) is 4.60. The Morgan fingerprint density at radius 1 is 0.966 bits per heavy atom. The monoisotopic (exact) mass is 396 g/mol. The van der Waals surface area contributed by atoms with Gasteiger partial charge in [-0.25, -0.2) is 9.59 Å². The summed E-state index contributed by atoms with van der Waals surface area (Å²) in [7, 11) is 0. The molecule has 0 aliphatic carbocycles. The van der Waals surface area contributed by atoms with E-state index in [1.165, 1.54) is 24.3 Å². The molecule has 0 radical (unpaired) electrons. The third-order valence-corrected chi connectivity index (χ3v) is 3.93. The van der Waals surface area contributed by atoms with Crippen molar-refractivity contribution in [2.75, 3.05) is 0 Å². The molecule has 1 aliphatic rings. The van der Waals surface area contributed by atoms with E-state index < -0.39 is 29.5 Å². The summed E-state index contributed by atoms with van der Waals surface area (Å²) in [6, 6.07) is 12.5. The molecule has 0 saturated carbocycles. The number of carbonyl (C=O) groups excluding carboxylic acids is 4. The fraction of sp³-hybridized carbons (Fsp3) is 0.238. The molecule has 0 spiro atoms. The van der Waals surface area contributed by atoms with Crippen LogP contribution in [0.1, 0.15) is 57.4 Å². The zero-order chi connectivity index (χ0) is 21.2. The summed E-state index contributed by atoms with van der Waals surface area (Å²) in [5, 5.41) is 3.05. The smallest absolute Gasteiger partial charge is 0.407 e. The van der Waals surface area contributed by atoms with Gasteiger partial charge in [0.05, 0.1) is 16.7 Å². The maximum atomic E-state index is 12.4. The highest BCUT2D eigenvalue weighted by molar-refractivity contribution is 6.21. The number of imide groups is 1. The molecule has 3 rings (SSSR count). The van der Waals surface area contributed by atoms with Gasteiger partial charge in [0.15, 0.2) is 0 Å². The second-order valence-electron chi connectivity index (χ2n) is 7.38. The molecule has 150 valence electrons. The Morgan fingerprint density at radius 2 is 1.59 bits per heavy atom. The fourth-order valence-electron chi connectivity index (χ4n) is 2.68. The topological polar surface area (TPSA) is 102 Å². The van der Waals surface area contributed by atoms with Gasteiger partial charge >= 0.3 is 12.1 Å². The van der Waals surface area contributed by atoms with Crippen LogP contribution in [0.4, 0.5) is 4.79 Å². The maximum absolute atomic E-state index is 12.4. The van der Waals surface area contributed by atoms with Gasteiger partial charge in [-0.15, -0.1) is 0 Å². The van der Waals surface area contributed by atoms with Gasteiger partial charge in [-0.2, -0.15) is 0 Å². The van der Waals surface area contributed by atoms with Crippen LogP contribution in [0.15, 0.2) is 48.5 Å². The molecule has 1 heterocycles. The molecule has 1 aliphatic heterocycles. The number of hydroxylamine groups is 2. The summed E-state index contributed by atoms with van der Waals surface area (Å²) in [6.07, 6.45) is -0.587. The Bertz CT molecular complexity index is 958. The van der Waals surface area contributed by atoms with Crippen LogP contribution in [-0.2, 0) is 16.1 Å². The molecule has 0 fully saturated rings. The predicted molar refractivity (Wildman–Crippen MR) is 102 cm³/mol. The minimum Gasteiger partial charge on any atom is -0.444 e. The van der Waals surface area contributed by atoms with Crippen LogP contribution >= 0.6 is 0 Å². The number of ether oxygens (including phenoxy) is 1. The molecule has 0 unspecified atom stereocenters. The van der Waals surface area contributed by atoms with Gasteiger partial charge in [0.2, 0.25) is 0 Å². The zero-order valence-electron chi connectivity index (χ0n) is 16.2. The second kappa shape index (κ2) is 7.75. The molecule has 8 heteroatoms. The number of fused-ring (bicyclic) bond motifs is 1. The van der Waals surface area contributed by atoms with E-state index in [4.69, 9.17) is 9.57 Å². The van der Waals surface area contributed by atoms with Gasteiger partial charge in [-0.1, -0.05) is 29.3 Å². The van der Waals surface area contributed by atoms with Gasteiger partial charge in [0, 0.05) is 6.54 Å². The van der Waals surface area contributed by atoms with Gasteiger partial charge in [0.1, 0.15) is 5.60 Å². The molecule has 0 aromatic heterocycles. The lowest BCUT2D eigenvalue weighted by atomic mass is 10.1. The van der Waals surface area contributed by atoms with Gasteiger partial charge in [-0.05, 0) is 50.6 Å². The molecule has 0 bridgehead atoms. The average molecular weight is 396 g/mol. The molecular formula is C21H20N2O6. The first kappa shape index (κ1) is 20.1. The largest absolute Gasteiger partial charge is 0.444 e. The molecule has 1 N–H and O–H groups in total. The van der Waals surface area contributed by atoms with Crippen molar-refractivity contribution in [3.8, 4) is 0 Å². The van der Waals surface area contributed by atoms with Crippen LogP contribution in [0.5, 0.6) is 0 Å². The van der Waals surface area contributed by atoms with E-state index in [0.29, 0.717) is 10.6 Å². The highest BCUT2D eigenvalue weighted by atomic mass is 16.7. The lowest BCUT2D eigenvalue weighted by molar-refractivity contribution is -0.0584. The average Bonchev–Trinajstić information content (AvgIpc) is 2.90. The van der Waals surface area contributed by atoms with Crippen LogP contribution in [0.2, 0.25) is 0 Å². The van der Waals surface area contributed by atoms with E-state index in [-0.39, 0.29) is 23.2 Å². The van der Waals surface area contributed by atoms with Crippen molar-refractivity contribution in [1.82, 2.24) is 10.4 Å². The number of alkyl carbamates (subject to hydrolysis) is 1. The summed E-state index contributed by atoms with van der Waals surface area (Å²) in [5.74, 6) is -2.25. The molecular weight excluding hydrogens is 376 g/mol. The number of hydrogen-bond acceptors (Lipinski definition) is 6. The number of rotatable bonds is 4. The summed E-state index contributed by atoms with van der Waals surface area (Å²) < 4.78 is 5.16. The van der Waals surface area contributed by atoms with Crippen molar-refractivity contribution in [3.05, 3.63) is 70.8 Å². The predicted octanol–water partition coefficient (Wildman–Crippen LogP) is 3.08. The molecule has 3 amide bonds. The van der Waals surface area contributed by atoms with Crippen molar-refractivity contribution in [1.29, 1.82) is 0 Å². The Labute approximate surface area is 167 Å². The van der Waals surface area contributed by atoms with E-state index in [9.17, 15) is 19.2 Å². The van der Waals surface area contributed by atoms with Crippen molar-refractivity contribution in [3.63, 3.8) is 0 Å². The molecule has 0 atom stereocenters. The fourth-order valence-corrected chi connectivity index (χ4v) is 2.68. The lowest BCUT2D eigenvalue weighted by Gasteiger charge is -2.19. The normalized spacial score (nSPS) is 13.1. The summed E-state index contributed by atoms with van der Waals surface area (Å²) in [5.41, 5.74) is 0.487. The number of hydrogen-bond donors (Lipinski definition) is 1. The molecule has 0 saturated heterocycles. The number of amides is 3. The number of nitrogens with one attached hydrogen (secondary N) is 1. The van der Waals surface area contributed by atoms with Gasteiger partial charge < -0.3 is 14.9 Å². The van der Waals surface area contributed by atoms with E-state index in [1.807, 2.05) is 0 Å². The van der Waals surface area contributed by atoms with Crippen LogP contribution in [0, 0.1) is 0 Å². The Morgan fingerprint density at radius 3 is 2.17 bits per heavy atom. The molecule has 8 nitrogen and oxygen atoms in total. The van der Waals surface area contributed by atoms with Crippen LogP contribution < -0.4 is 5.32 Å².